The molecule has 7 heteroatoms. The van der Waals surface area contributed by atoms with Crippen molar-refractivity contribution in [2.24, 2.45) is 0 Å². The van der Waals surface area contributed by atoms with E-state index >= 15 is 0 Å². The number of sulfone groups is 1. The first kappa shape index (κ1) is 14.9. The summed E-state index contributed by atoms with van der Waals surface area (Å²) in [6, 6.07) is 7.50. The predicted molar refractivity (Wildman–Crippen MR) is 81.7 cm³/mol. The lowest BCUT2D eigenvalue weighted by atomic mass is 10.1. The second kappa shape index (κ2) is 5.88. The van der Waals surface area contributed by atoms with Gasteiger partial charge in [-0.2, -0.15) is 4.37 Å². The minimum atomic E-state index is -3.26. The summed E-state index contributed by atoms with van der Waals surface area (Å²) in [6.45, 7) is 1.91. The van der Waals surface area contributed by atoms with Gasteiger partial charge >= 0.3 is 0 Å². The molecule has 0 spiro atoms. The van der Waals surface area contributed by atoms with Crippen LogP contribution >= 0.6 is 11.5 Å². The summed E-state index contributed by atoms with van der Waals surface area (Å²) in [7, 11) is 0.447. The van der Waals surface area contributed by atoms with Gasteiger partial charge in [0.25, 0.3) is 0 Å². The topological polar surface area (TPSA) is 63.2 Å². The highest BCUT2D eigenvalue weighted by Crippen LogP contribution is 2.18. The highest BCUT2D eigenvalue weighted by molar-refractivity contribution is 7.89. The highest BCUT2D eigenvalue weighted by Gasteiger charge is 2.18. The zero-order valence-corrected chi connectivity index (χ0v) is 13.3. The Labute approximate surface area is 123 Å². The van der Waals surface area contributed by atoms with Crippen molar-refractivity contribution in [3.8, 4) is 0 Å². The molecule has 0 aliphatic heterocycles. The molecule has 1 aromatic carbocycles. The predicted octanol–water partition coefficient (Wildman–Crippen LogP) is 2.03. The molecule has 0 atom stereocenters. The lowest BCUT2D eigenvalue weighted by Crippen LogP contribution is -2.11. The summed E-state index contributed by atoms with van der Waals surface area (Å²) in [5, 5.41) is 0.714. The molecule has 0 saturated heterocycles. The summed E-state index contributed by atoms with van der Waals surface area (Å²) < 4.78 is 28.5. The van der Waals surface area contributed by atoms with Crippen molar-refractivity contribution in [1.82, 2.24) is 9.36 Å². The number of anilines is 1. The van der Waals surface area contributed by atoms with Crippen molar-refractivity contribution in [2.75, 3.05) is 19.0 Å². The van der Waals surface area contributed by atoms with Crippen LogP contribution in [-0.4, -0.2) is 31.9 Å². The molecule has 1 heterocycles. The molecule has 0 aliphatic rings. The molecule has 2 aromatic rings. The van der Waals surface area contributed by atoms with Crippen molar-refractivity contribution in [3.63, 3.8) is 0 Å². The third kappa shape index (κ3) is 3.77. The molecule has 0 N–H and O–H groups in total. The Hall–Kier alpha value is -1.47. The maximum atomic E-state index is 12.2. The molecule has 0 bridgehead atoms. The Morgan fingerprint density at radius 2 is 1.90 bits per heavy atom. The smallest absolute Gasteiger partial charge is 0.204 e. The van der Waals surface area contributed by atoms with Gasteiger partial charge in [0.1, 0.15) is 5.75 Å². The van der Waals surface area contributed by atoms with Gasteiger partial charge in [-0.3, -0.25) is 0 Å². The number of benzene rings is 1. The maximum Gasteiger partial charge on any atom is 0.204 e. The quantitative estimate of drug-likeness (QED) is 0.845. The summed E-state index contributed by atoms with van der Waals surface area (Å²) in [4.78, 5) is 6.03. The van der Waals surface area contributed by atoms with E-state index in [1.807, 2.05) is 50.2 Å². The molecule has 108 valence electrons. The van der Waals surface area contributed by atoms with Crippen LogP contribution in [0.15, 0.2) is 24.3 Å². The van der Waals surface area contributed by atoms with E-state index in [1.165, 1.54) is 11.5 Å². The Bertz CT molecular complexity index is 693. The van der Waals surface area contributed by atoms with E-state index in [0.717, 1.165) is 11.1 Å². The second-order valence-electron chi connectivity index (χ2n) is 4.85. The first-order valence-corrected chi connectivity index (χ1v) is 8.72. The molecular weight excluding hydrogens is 294 g/mol. The van der Waals surface area contributed by atoms with Gasteiger partial charge in [0, 0.05) is 25.6 Å². The van der Waals surface area contributed by atoms with Crippen molar-refractivity contribution in [1.29, 1.82) is 0 Å². The molecule has 5 nitrogen and oxygen atoms in total. The molecule has 20 heavy (non-hydrogen) atoms. The molecule has 0 amide bonds. The van der Waals surface area contributed by atoms with Crippen LogP contribution in [0.25, 0.3) is 0 Å². The number of hydrogen-bond acceptors (Lipinski definition) is 6. The van der Waals surface area contributed by atoms with Crippen LogP contribution in [0.1, 0.15) is 17.0 Å². The third-order valence-corrected chi connectivity index (χ3v) is 5.20. The number of aromatic nitrogens is 2. The van der Waals surface area contributed by atoms with Crippen LogP contribution in [0.3, 0.4) is 0 Å². The summed E-state index contributed by atoms with van der Waals surface area (Å²) in [5.74, 6) is 0.272. The van der Waals surface area contributed by atoms with Gasteiger partial charge in [-0.1, -0.05) is 24.3 Å². The summed E-state index contributed by atoms with van der Waals surface area (Å²) in [5.41, 5.74) is 1.81. The van der Waals surface area contributed by atoms with Crippen LogP contribution in [0.4, 0.5) is 5.13 Å². The number of nitrogens with zero attached hydrogens (tertiary/aromatic N) is 3. The molecule has 0 unspecified atom stereocenters. The average Bonchev–Trinajstić information content (AvgIpc) is 2.79. The van der Waals surface area contributed by atoms with E-state index in [-0.39, 0.29) is 11.5 Å². The molecule has 0 radical (unpaired) electrons. The SMILES string of the molecule is Cc1ccccc1CS(=O)(=O)Cc1nsc(N(C)C)n1. The van der Waals surface area contributed by atoms with E-state index in [2.05, 4.69) is 9.36 Å². The molecule has 0 fully saturated rings. The van der Waals surface area contributed by atoms with Gasteiger partial charge in [0.15, 0.2) is 15.7 Å². The zero-order valence-electron chi connectivity index (χ0n) is 11.7. The van der Waals surface area contributed by atoms with E-state index in [1.54, 1.807) is 0 Å². The van der Waals surface area contributed by atoms with Gasteiger partial charge in [-0.25, -0.2) is 13.4 Å². The van der Waals surface area contributed by atoms with Crippen molar-refractivity contribution in [3.05, 3.63) is 41.2 Å². The maximum absolute atomic E-state index is 12.2. The first-order valence-electron chi connectivity index (χ1n) is 6.12. The number of aryl methyl sites for hydroxylation is 1. The minimum Gasteiger partial charge on any atom is -0.353 e. The highest BCUT2D eigenvalue weighted by atomic mass is 32.2. The van der Waals surface area contributed by atoms with Gasteiger partial charge in [-0.15, -0.1) is 0 Å². The Balaban J connectivity index is 2.13. The fraction of sp³-hybridized carbons (Fsp3) is 0.385. The van der Waals surface area contributed by atoms with Crippen molar-refractivity contribution < 1.29 is 8.42 Å². The van der Waals surface area contributed by atoms with Crippen LogP contribution in [0, 0.1) is 6.92 Å². The molecular formula is C13H17N3O2S2. The van der Waals surface area contributed by atoms with Crippen LogP contribution in [-0.2, 0) is 21.3 Å². The molecule has 2 rings (SSSR count). The van der Waals surface area contributed by atoms with Gasteiger partial charge in [0.05, 0.1) is 5.75 Å². The van der Waals surface area contributed by atoms with Gasteiger partial charge in [-0.05, 0) is 18.1 Å². The van der Waals surface area contributed by atoms with E-state index in [0.29, 0.717) is 11.0 Å². The second-order valence-corrected chi connectivity index (χ2v) is 7.64. The van der Waals surface area contributed by atoms with Gasteiger partial charge < -0.3 is 4.90 Å². The van der Waals surface area contributed by atoms with Crippen LogP contribution in [0.5, 0.6) is 0 Å². The van der Waals surface area contributed by atoms with E-state index < -0.39 is 9.84 Å². The standard InChI is InChI=1S/C13H17N3O2S2/c1-10-6-4-5-7-11(10)8-20(17,18)9-12-14-13(16(2)3)19-15-12/h4-7H,8-9H2,1-3H3. The van der Waals surface area contributed by atoms with Crippen LogP contribution < -0.4 is 4.90 Å². The Morgan fingerprint density at radius 1 is 1.20 bits per heavy atom. The Morgan fingerprint density at radius 3 is 2.50 bits per heavy atom. The van der Waals surface area contributed by atoms with Gasteiger partial charge in [0.2, 0.25) is 5.13 Å². The lowest BCUT2D eigenvalue weighted by molar-refractivity contribution is 0.593. The molecule has 1 aromatic heterocycles. The third-order valence-electron chi connectivity index (χ3n) is 2.83. The van der Waals surface area contributed by atoms with E-state index in [4.69, 9.17) is 0 Å². The normalized spacial score (nSPS) is 11.6. The lowest BCUT2D eigenvalue weighted by Gasteiger charge is -2.06. The zero-order chi connectivity index (χ0) is 14.8. The Kier molecular flexibility index (Phi) is 4.39. The summed E-state index contributed by atoms with van der Waals surface area (Å²) in [6.07, 6.45) is 0. The van der Waals surface area contributed by atoms with Crippen molar-refractivity contribution >= 4 is 26.5 Å². The van der Waals surface area contributed by atoms with Crippen molar-refractivity contribution in [2.45, 2.75) is 18.4 Å². The summed E-state index contributed by atoms with van der Waals surface area (Å²) >= 11 is 1.21. The fourth-order valence-corrected chi connectivity index (χ4v) is 3.85. The molecule has 0 saturated carbocycles. The molecule has 0 aliphatic carbocycles. The fourth-order valence-electron chi connectivity index (χ4n) is 1.74. The van der Waals surface area contributed by atoms with Crippen LogP contribution in [0.2, 0.25) is 0 Å². The first-order chi connectivity index (χ1) is 9.37. The number of hydrogen-bond donors (Lipinski definition) is 0. The monoisotopic (exact) mass is 311 g/mol. The minimum absolute atomic E-state index is 0.0240. The number of rotatable bonds is 5. The largest absolute Gasteiger partial charge is 0.353 e. The van der Waals surface area contributed by atoms with E-state index in [9.17, 15) is 8.42 Å². The average molecular weight is 311 g/mol.